The molecule has 112 valence electrons. The fraction of sp³-hybridized carbons (Fsp3) is 0.500. The van der Waals surface area contributed by atoms with Crippen LogP contribution < -0.4 is 15.4 Å². The lowest BCUT2D eigenvalue weighted by molar-refractivity contribution is -0.127. The first-order valence-corrected chi connectivity index (χ1v) is 7.55. The van der Waals surface area contributed by atoms with Crippen LogP contribution >= 0.6 is 0 Å². The first-order chi connectivity index (χ1) is 10.2. The third-order valence-electron chi connectivity index (χ3n) is 4.09. The predicted octanol–water partition coefficient (Wildman–Crippen LogP) is 1.87. The van der Waals surface area contributed by atoms with Crippen LogP contribution in [0.1, 0.15) is 31.2 Å². The molecule has 0 saturated heterocycles. The molecule has 21 heavy (non-hydrogen) atoms. The van der Waals surface area contributed by atoms with Gasteiger partial charge in [-0.1, -0.05) is 12.5 Å². The Balaban J connectivity index is 1.56. The lowest BCUT2D eigenvalue weighted by atomic mass is 9.85. The van der Waals surface area contributed by atoms with Crippen LogP contribution in [0.5, 0.6) is 5.75 Å². The zero-order valence-corrected chi connectivity index (χ0v) is 12.0. The van der Waals surface area contributed by atoms with Gasteiger partial charge in [0.05, 0.1) is 18.7 Å². The molecule has 1 aromatic rings. The van der Waals surface area contributed by atoms with Gasteiger partial charge in [0.1, 0.15) is 5.75 Å². The van der Waals surface area contributed by atoms with Crippen LogP contribution in [-0.4, -0.2) is 25.0 Å². The second-order valence-corrected chi connectivity index (χ2v) is 5.65. The smallest absolute Gasteiger partial charge is 0.227 e. The highest BCUT2D eigenvalue weighted by Gasteiger charge is 2.24. The van der Waals surface area contributed by atoms with E-state index >= 15 is 0 Å². The number of rotatable bonds is 4. The van der Waals surface area contributed by atoms with E-state index in [-0.39, 0.29) is 17.7 Å². The van der Waals surface area contributed by atoms with Gasteiger partial charge in [-0.15, -0.1) is 0 Å². The largest absolute Gasteiger partial charge is 0.491 e. The maximum absolute atomic E-state index is 11.7. The van der Waals surface area contributed by atoms with E-state index in [0.717, 1.165) is 30.5 Å². The number of ether oxygens (including phenoxy) is 1. The van der Waals surface area contributed by atoms with Gasteiger partial charge < -0.3 is 15.4 Å². The maximum atomic E-state index is 11.7. The summed E-state index contributed by atoms with van der Waals surface area (Å²) >= 11 is 0. The summed E-state index contributed by atoms with van der Waals surface area (Å²) in [5.41, 5.74) is 1.80. The summed E-state index contributed by atoms with van der Waals surface area (Å²) in [4.78, 5) is 23.3. The van der Waals surface area contributed by atoms with E-state index in [4.69, 9.17) is 4.74 Å². The summed E-state index contributed by atoms with van der Waals surface area (Å²) in [7, 11) is 0. The summed E-state index contributed by atoms with van der Waals surface area (Å²) < 4.78 is 5.52. The molecule has 2 aliphatic rings. The van der Waals surface area contributed by atoms with Gasteiger partial charge in [-0.25, -0.2) is 0 Å². The third-order valence-corrected chi connectivity index (χ3v) is 4.09. The van der Waals surface area contributed by atoms with E-state index in [1.807, 2.05) is 18.2 Å². The highest BCUT2D eigenvalue weighted by Crippen LogP contribution is 2.28. The van der Waals surface area contributed by atoms with Gasteiger partial charge in [0.25, 0.3) is 0 Å². The van der Waals surface area contributed by atoms with Crippen LogP contribution in [0.15, 0.2) is 18.2 Å². The third kappa shape index (κ3) is 3.35. The zero-order valence-electron chi connectivity index (χ0n) is 12.0. The Morgan fingerprint density at radius 3 is 3.00 bits per heavy atom. The van der Waals surface area contributed by atoms with Crippen LogP contribution in [0.25, 0.3) is 0 Å². The van der Waals surface area contributed by atoms with Crippen molar-refractivity contribution in [2.45, 2.75) is 32.1 Å². The number of benzene rings is 1. The Morgan fingerprint density at radius 2 is 2.24 bits per heavy atom. The van der Waals surface area contributed by atoms with Crippen LogP contribution in [-0.2, 0) is 16.0 Å². The molecule has 3 rings (SSSR count). The number of fused-ring (bicyclic) bond motifs is 1. The molecule has 1 saturated carbocycles. The molecular weight excluding hydrogens is 268 g/mol. The lowest BCUT2D eigenvalue weighted by Crippen LogP contribution is -2.35. The quantitative estimate of drug-likeness (QED) is 0.888. The minimum atomic E-state index is -0.0239. The summed E-state index contributed by atoms with van der Waals surface area (Å²) in [6, 6.07) is 5.78. The topological polar surface area (TPSA) is 67.4 Å². The normalized spacial score (nSPS) is 17.8. The van der Waals surface area contributed by atoms with Gasteiger partial charge in [-0.05, 0) is 37.0 Å². The SMILES string of the molecule is O=C1CCOc2ccc(CCNC(=O)C3CCC3)cc2N1. The number of amides is 2. The first kappa shape index (κ1) is 13.9. The molecule has 2 amide bonds. The molecule has 0 spiro atoms. The molecule has 5 heteroatoms. The Labute approximate surface area is 124 Å². The molecule has 5 nitrogen and oxygen atoms in total. The average Bonchev–Trinajstić information content (AvgIpc) is 2.56. The molecule has 0 aromatic heterocycles. The van der Waals surface area contributed by atoms with E-state index in [0.29, 0.717) is 25.3 Å². The minimum absolute atomic E-state index is 0.0239. The lowest BCUT2D eigenvalue weighted by Gasteiger charge is -2.24. The highest BCUT2D eigenvalue weighted by molar-refractivity contribution is 5.93. The summed E-state index contributed by atoms with van der Waals surface area (Å²) in [5, 5.41) is 5.82. The van der Waals surface area contributed by atoms with Crippen molar-refractivity contribution in [2.24, 2.45) is 5.92 Å². The van der Waals surface area contributed by atoms with Gasteiger partial charge in [0.15, 0.2) is 0 Å². The van der Waals surface area contributed by atoms with Gasteiger partial charge >= 0.3 is 0 Å². The van der Waals surface area contributed by atoms with Crippen molar-refractivity contribution in [3.05, 3.63) is 23.8 Å². The van der Waals surface area contributed by atoms with Crippen molar-refractivity contribution in [3.8, 4) is 5.75 Å². The summed E-state index contributed by atoms with van der Waals surface area (Å²) in [6.45, 7) is 1.04. The van der Waals surface area contributed by atoms with Crippen LogP contribution in [0.2, 0.25) is 0 Å². The fourth-order valence-corrected chi connectivity index (χ4v) is 2.57. The van der Waals surface area contributed by atoms with E-state index in [1.165, 1.54) is 6.42 Å². The predicted molar refractivity (Wildman–Crippen MR) is 79.2 cm³/mol. The molecule has 1 aromatic carbocycles. The second-order valence-electron chi connectivity index (χ2n) is 5.65. The van der Waals surface area contributed by atoms with Crippen molar-refractivity contribution in [1.29, 1.82) is 0 Å². The Kier molecular flexibility index (Phi) is 4.08. The van der Waals surface area contributed by atoms with Gasteiger partial charge in [-0.3, -0.25) is 9.59 Å². The van der Waals surface area contributed by atoms with Crippen molar-refractivity contribution in [3.63, 3.8) is 0 Å². The minimum Gasteiger partial charge on any atom is -0.491 e. The summed E-state index contributed by atoms with van der Waals surface area (Å²) in [5.74, 6) is 1.09. The molecule has 0 bridgehead atoms. The molecule has 0 atom stereocenters. The van der Waals surface area contributed by atoms with Gasteiger partial charge in [0, 0.05) is 12.5 Å². The second kappa shape index (κ2) is 6.16. The summed E-state index contributed by atoms with van der Waals surface area (Å²) in [6.07, 6.45) is 4.34. The number of hydrogen-bond donors (Lipinski definition) is 2. The van der Waals surface area contributed by atoms with Crippen molar-refractivity contribution < 1.29 is 14.3 Å². The molecule has 1 fully saturated rings. The molecule has 0 radical (unpaired) electrons. The highest BCUT2D eigenvalue weighted by atomic mass is 16.5. The molecule has 1 heterocycles. The monoisotopic (exact) mass is 288 g/mol. The van der Waals surface area contributed by atoms with E-state index in [2.05, 4.69) is 10.6 Å². The van der Waals surface area contributed by atoms with E-state index < -0.39 is 0 Å². The molecule has 2 N–H and O–H groups in total. The van der Waals surface area contributed by atoms with Crippen molar-refractivity contribution in [2.75, 3.05) is 18.5 Å². The average molecular weight is 288 g/mol. The maximum Gasteiger partial charge on any atom is 0.227 e. The number of carbonyl (C=O) groups excluding carboxylic acids is 2. The number of hydrogen-bond acceptors (Lipinski definition) is 3. The number of anilines is 1. The van der Waals surface area contributed by atoms with Crippen molar-refractivity contribution in [1.82, 2.24) is 5.32 Å². The van der Waals surface area contributed by atoms with Gasteiger partial charge in [-0.2, -0.15) is 0 Å². The standard InChI is InChI=1S/C16H20N2O3/c19-15-7-9-21-14-5-4-11(10-13(14)18-15)6-8-17-16(20)12-2-1-3-12/h4-5,10,12H,1-3,6-9H2,(H,17,20)(H,18,19). The van der Waals surface area contributed by atoms with E-state index in [9.17, 15) is 9.59 Å². The fourth-order valence-electron chi connectivity index (χ4n) is 2.57. The molecule has 1 aliphatic carbocycles. The van der Waals surface area contributed by atoms with Crippen molar-refractivity contribution >= 4 is 17.5 Å². The molecule has 0 unspecified atom stereocenters. The molecular formula is C16H20N2O3. The van der Waals surface area contributed by atoms with E-state index in [1.54, 1.807) is 0 Å². The van der Waals surface area contributed by atoms with Crippen LogP contribution in [0.3, 0.4) is 0 Å². The van der Waals surface area contributed by atoms with Crippen LogP contribution in [0.4, 0.5) is 5.69 Å². The zero-order chi connectivity index (χ0) is 14.7. The first-order valence-electron chi connectivity index (χ1n) is 7.55. The van der Waals surface area contributed by atoms with Crippen LogP contribution in [0, 0.1) is 5.92 Å². The Morgan fingerprint density at radius 1 is 1.38 bits per heavy atom. The number of carbonyl (C=O) groups is 2. The number of nitrogens with one attached hydrogen (secondary N) is 2. The Bertz CT molecular complexity index is 552. The van der Waals surface area contributed by atoms with Gasteiger partial charge in [0.2, 0.25) is 11.8 Å². The molecule has 1 aliphatic heterocycles. The Hall–Kier alpha value is -2.04.